The molecule has 1 amide bonds. The lowest BCUT2D eigenvalue weighted by atomic mass is 10.1. The number of carbonyl (C=O) groups is 1. The highest BCUT2D eigenvalue weighted by molar-refractivity contribution is 9.10. The van der Waals surface area contributed by atoms with Crippen LogP contribution in [-0.2, 0) is 14.1 Å². The minimum atomic E-state index is -0.348. The molecule has 0 bridgehead atoms. The molecule has 0 saturated carbocycles. The summed E-state index contributed by atoms with van der Waals surface area (Å²) in [5.74, 6) is 0.240. The van der Waals surface area contributed by atoms with E-state index in [0.717, 1.165) is 21.3 Å². The molecule has 0 fully saturated rings. The summed E-state index contributed by atoms with van der Waals surface area (Å²) in [6, 6.07) is 10.7. The molecule has 0 spiro atoms. The van der Waals surface area contributed by atoms with Crippen LogP contribution in [0.3, 0.4) is 0 Å². The van der Waals surface area contributed by atoms with Gasteiger partial charge in [-0.1, -0.05) is 28.1 Å². The Morgan fingerprint density at radius 2 is 1.84 bits per heavy atom. The van der Waals surface area contributed by atoms with Crippen molar-refractivity contribution >= 4 is 27.7 Å². The molecule has 6 nitrogen and oxygen atoms in total. The minimum absolute atomic E-state index is 0.234. The van der Waals surface area contributed by atoms with Crippen LogP contribution in [0.2, 0.25) is 0 Å². The van der Waals surface area contributed by atoms with E-state index in [0.29, 0.717) is 11.4 Å². The first-order chi connectivity index (χ1) is 11.9. The van der Waals surface area contributed by atoms with Gasteiger partial charge in [0.2, 0.25) is 0 Å². The molecule has 25 heavy (non-hydrogen) atoms. The standard InChI is InChI=1S/C18H17BrN4O2/c1-11-16(12-4-6-14(19)7-5-12)17(23(3)21-11)20-18(25)13-8-9-22(2)15(24)10-13/h4-10H,1-3H3,(H,20,25). The Kier molecular flexibility index (Phi) is 4.59. The highest BCUT2D eigenvalue weighted by Gasteiger charge is 2.18. The largest absolute Gasteiger partial charge is 0.319 e. The van der Waals surface area contributed by atoms with Gasteiger partial charge in [-0.3, -0.25) is 14.3 Å². The van der Waals surface area contributed by atoms with Gasteiger partial charge >= 0.3 is 0 Å². The molecule has 7 heteroatoms. The average Bonchev–Trinajstić information content (AvgIpc) is 2.84. The van der Waals surface area contributed by atoms with Gasteiger partial charge in [0.15, 0.2) is 0 Å². The van der Waals surface area contributed by atoms with E-state index in [1.54, 1.807) is 31.0 Å². The van der Waals surface area contributed by atoms with Gasteiger partial charge in [0.05, 0.1) is 5.69 Å². The average molecular weight is 401 g/mol. The van der Waals surface area contributed by atoms with Crippen molar-refractivity contribution in [2.24, 2.45) is 14.1 Å². The third kappa shape index (κ3) is 3.41. The highest BCUT2D eigenvalue weighted by Crippen LogP contribution is 2.32. The Morgan fingerprint density at radius 3 is 2.48 bits per heavy atom. The lowest BCUT2D eigenvalue weighted by Crippen LogP contribution is -2.21. The van der Waals surface area contributed by atoms with Gasteiger partial charge < -0.3 is 9.88 Å². The normalized spacial score (nSPS) is 10.7. The van der Waals surface area contributed by atoms with Crippen molar-refractivity contribution < 1.29 is 4.79 Å². The molecule has 1 aromatic carbocycles. The minimum Gasteiger partial charge on any atom is -0.319 e. The number of hydrogen-bond acceptors (Lipinski definition) is 3. The predicted molar refractivity (Wildman–Crippen MR) is 101 cm³/mol. The van der Waals surface area contributed by atoms with Crippen LogP contribution >= 0.6 is 15.9 Å². The Labute approximate surface area is 153 Å². The lowest BCUT2D eigenvalue weighted by molar-refractivity contribution is 0.102. The van der Waals surface area contributed by atoms with E-state index in [2.05, 4.69) is 26.3 Å². The van der Waals surface area contributed by atoms with Gasteiger partial charge in [0.25, 0.3) is 11.5 Å². The first-order valence-corrected chi connectivity index (χ1v) is 8.43. The lowest BCUT2D eigenvalue weighted by Gasteiger charge is -2.10. The number of aromatic nitrogens is 3. The SMILES string of the molecule is Cc1nn(C)c(NC(=O)c2ccn(C)c(=O)c2)c1-c1ccc(Br)cc1. The second-order valence-corrected chi connectivity index (χ2v) is 6.67. The van der Waals surface area contributed by atoms with E-state index >= 15 is 0 Å². The maximum atomic E-state index is 12.6. The van der Waals surface area contributed by atoms with Crippen molar-refractivity contribution in [1.29, 1.82) is 0 Å². The van der Waals surface area contributed by atoms with Gasteiger partial charge in [0.1, 0.15) is 5.82 Å². The van der Waals surface area contributed by atoms with Gasteiger partial charge in [-0.05, 0) is 30.7 Å². The zero-order valence-corrected chi connectivity index (χ0v) is 15.7. The number of nitrogens with zero attached hydrogens (tertiary/aromatic N) is 3. The topological polar surface area (TPSA) is 68.9 Å². The summed E-state index contributed by atoms with van der Waals surface area (Å²) in [4.78, 5) is 24.3. The summed E-state index contributed by atoms with van der Waals surface area (Å²) in [5.41, 5.74) is 2.69. The van der Waals surface area contributed by atoms with Crippen molar-refractivity contribution in [3.05, 3.63) is 68.7 Å². The summed E-state index contributed by atoms with van der Waals surface area (Å²) < 4.78 is 4.02. The maximum absolute atomic E-state index is 12.6. The number of halogens is 1. The van der Waals surface area contributed by atoms with Crippen molar-refractivity contribution in [3.8, 4) is 11.1 Å². The molecular weight excluding hydrogens is 384 g/mol. The van der Waals surface area contributed by atoms with E-state index in [9.17, 15) is 9.59 Å². The summed E-state index contributed by atoms with van der Waals surface area (Å²) in [5, 5.41) is 7.29. The number of pyridine rings is 1. The third-order valence-electron chi connectivity index (χ3n) is 3.95. The smallest absolute Gasteiger partial charge is 0.257 e. The van der Waals surface area contributed by atoms with Crippen molar-refractivity contribution in [1.82, 2.24) is 14.3 Å². The summed E-state index contributed by atoms with van der Waals surface area (Å²) in [6.07, 6.45) is 1.57. The summed E-state index contributed by atoms with van der Waals surface area (Å²) >= 11 is 3.42. The fourth-order valence-corrected chi connectivity index (χ4v) is 2.90. The van der Waals surface area contributed by atoms with Crippen LogP contribution in [-0.4, -0.2) is 20.3 Å². The number of carbonyl (C=O) groups excluding carboxylic acids is 1. The number of amides is 1. The van der Waals surface area contributed by atoms with E-state index in [1.807, 2.05) is 31.2 Å². The number of aryl methyl sites for hydroxylation is 3. The molecule has 0 aliphatic heterocycles. The zero-order chi connectivity index (χ0) is 18.1. The van der Waals surface area contributed by atoms with Crippen LogP contribution in [0, 0.1) is 6.92 Å². The van der Waals surface area contributed by atoms with Crippen LogP contribution in [0.1, 0.15) is 16.1 Å². The van der Waals surface area contributed by atoms with E-state index in [-0.39, 0.29) is 11.5 Å². The van der Waals surface area contributed by atoms with E-state index < -0.39 is 0 Å². The quantitative estimate of drug-likeness (QED) is 0.734. The Bertz CT molecular complexity index is 1000. The van der Waals surface area contributed by atoms with Crippen molar-refractivity contribution in [2.75, 3.05) is 5.32 Å². The van der Waals surface area contributed by atoms with E-state index in [4.69, 9.17) is 0 Å². The molecule has 0 saturated heterocycles. The molecule has 0 unspecified atom stereocenters. The van der Waals surface area contributed by atoms with Crippen molar-refractivity contribution in [3.63, 3.8) is 0 Å². The number of rotatable bonds is 3. The second kappa shape index (κ2) is 6.68. The Hall–Kier alpha value is -2.67. The van der Waals surface area contributed by atoms with Gasteiger partial charge in [-0.15, -0.1) is 0 Å². The van der Waals surface area contributed by atoms with Gasteiger partial charge in [-0.2, -0.15) is 5.10 Å². The molecular formula is C18H17BrN4O2. The highest BCUT2D eigenvalue weighted by atomic mass is 79.9. The fourth-order valence-electron chi connectivity index (χ4n) is 2.63. The van der Waals surface area contributed by atoms with Crippen LogP contribution in [0.4, 0.5) is 5.82 Å². The first kappa shape index (κ1) is 17.2. The van der Waals surface area contributed by atoms with Gasteiger partial charge in [0, 0.05) is 42.0 Å². The molecule has 0 atom stereocenters. The molecule has 0 aliphatic carbocycles. The summed E-state index contributed by atoms with van der Waals surface area (Å²) in [7, 11) is 3.41. The summed E-state index contributed by atoms with van der Waals surface area (Å²) in [6.45, 7) is 1.89. The Morgan fingerprint density at radius 1 is 1.16 bits per heavy atom. The van der Waals surface area contributed by atoms with Crippen LogP contribution < -0.4 is 10.9 Å². The number of benzene rings is 1. The predicted octanol–water partition coefficient (Wildman–Crippen LogP) is 3.11. The van der Waals surface area contributed by atoms with Crippen LogP contribution in [0.15, 0.2) is 51.9 Å². The zero-order valence-electron chi connectivity index (χ0n) is 14.1. The molecule has 3 rings (SSSR count). The van der Waals surface area contributed by atoms with E-state index in [1.165, 1.54) is 10.6 Å². The fraction of sp³-hybridized carbons (Fsp3) is 0.167. The molecule has 2 heterocycles. The molecule has 3 aromatic rings. The van der Waals surface area contributed by atoms with Crippen molar-refractivity contribution in [2.45, 2.75) is 6.92 Å². The number of nitrogens with one attached hydrogen (secondary N) is 1. The molecule has 1 N–H and O–H groups in total. The monoisotopic (exact) mass is 400 g/mol. The molecule has 128 valence electrons. The molecule has 2 aromatic heterocycles. The number of hydrogen-bond donors (Lipinski definition) is 1. The third-order valence-corrected chi connectivity index (χ3v) is 4.48. The Balaban J connectivity index is 2.00. The maximum Gasteiger partial charge on any atom is 0.257 e. The number of anilines is 1. The molecule has 0 aliphatic rings. The first-order valence-electron chi connectivity index (χ1n) is 7.64. The van der Waals surface area contributed by atoms with Crippen LogP contribution in [0.5, 0.6) is 0 Å². The molecule has 0 radical (unpaired) electrons. The van der Waals surface area contributed by atoms with Gasteiger partial charge in [-0.25, -0.2) is 0 Å². The second-order valence-electron chi connectivity index (χ2n) is 5.76. The van der Waals surface area contributed by atoms with Crippen LogP contribution in [0.25, 0.3) is 11.1 Å².